The summed E-state index contributed by atoms with van der Waals surface area (Å²) in [6.07, 6.45) is 4.76. The fourth-order valence-corrected chi connectivity index (χ4v) is 4.11. The number of carbonyl (C=O) groups excluding carboxylic acids is 2. The summed E-state index contributed by atoms with van der Waals surface area (Å²) < 4.78 is 5.18. The van der Waals surface area contributed by atoms with E-state index in [0.29, 0.717) is 19.5 Å². The van der Waals surface area contributed by atoms with Crippen LogP contribution >= 0.6 is 0 Å². The Balaban J connectivity index is 1.48. The molecule has 1 saturated heterocycles. The first-order valence-electron chi connectivity index (χ1n) is 10.1. The quantitative estimate of drug-likeness (QED) is 0.795. The molecule has 2 aromatic rings. The van der Waals surface area contributed by atoms with Crippen molar-refractivity contribution >= 4 is 11.8 Å². The fraction of sp³-hybridized carbons (Fsp3) is 0.455. The average molecular weight is 394 g/mol. The molecule has 1 atom stereocenters. The molecule has 2 amide bonds. The van der Waals surface area contributed by atoms with Gasteiger partial charge >= 0.3 is 0 Å². The van der Waals surface area contributed by atoms with Gasteiger partial charge in [-0.3, -0.25) is 9.59 Å². The van der Waals surface area contributed by atoms with Gasteiger partial charge in [-0.15, -0.1) is 0 Å². The van der Waals surface area contributed by atoms with E-state index in [9.17, 15) is 9.59 Å². The molecule has 0 spiro atoms. The van der Waals surface area contributed by atoms with Crippen LogP contribution in [-0.2, 0) is 29.0 Å². The number of likely N-dealkylation sites (tertiary alicyclic amines) is 1. The monoisotopic (exact) mass is 394 g/mol. The van der Waals surface area contributed by atoms with Crippen LogP contribution in [0.25, 0.3) is 0 Å². The number of nitrogens with zero attached hydrogens (tertiary/aromatic N) is 4. The molecule has 0 aliphatic carbocycles. The van der Waals surface area contributed by atoms with Crippen LogP contribution in [0.3, 0.4) is 0 Å². The van der Waals surface area contributed by atoms with Gasteiger partial charge < -0.3 is 14.5 Å². The van der Waals surface area contributed by atoms with Gasteiger partial charge in [0.2, 0.25) is 11.8 Å². The van der Waals surface area contributed by atoms with Crippen molar-refractivity contribution in [2.45, 2.75) is 45.2 Å². The lowest BCUT2D eigenvalue weighted by Crippen LogP contribution is -2.36. The lowest BCUT2D eigenvalue weighted by Gasteiger charge is -2.28. The van der Waals surface area contributed by atoms with Gasteiger partial charge in [0, 0.05) is 44.7 Å². The summed E-state index contributed by atoms with van der Waals surface area (Å²) in [5.74, 6) is 1.68. The maximum atomic E-state index is 13.0. The summed E-state index contributed by atoms with van der Waals surface area (Å²) >= 11 is 0. The first-order chi connectivity index (χ1) is 14.0. The highest BCUT2D eigenvalue weighted by Crippen LogP contribution is 2.31. The number of benzene rings is 1. The smallest absolute Gasteiger partial charge is 0.227 e. The van der Waals surface area contributed by atoms with Crippen LogP contribution in [0, 0.1) is 0 Å². The van der Waals surface area contributed by atoms with Crippen LogP contribution in [0.4, 0.5) is 0 Å². The minimum absolute atomic E-state index is 0.0723. The molecule has 2 aliphatic rings. The van der Waals surface area contributed by atoms with E-state index >= 15 is 0 Å². The Kier molecular flexibility index (Phi) is 5.47. The Hall–Kier alpha value is -2.96. The number of rotatable bonds is 4. The third-order valence-corrected chi connectivity index (χ3v) is 5.78. The summed E-state index contributed by atoms with van der Waals surface area (Å²) in [6.45, 7) is 3.57. The van der Waals surface area contributed by atoms with Gasteiger partial charge in [-0.1, -0.05) is 12.1 Å². The number of aromatic nitrogens is 2. The second-order valence-electron chi connectivity index (χ2n) is 7.66. The highest BCUT2D eigenvalue weighted by Gasteiger charge is 2.32. The number of carbonyl (C=O) groups is 2. The normalized spacial score (nSPS) is 18.5. The van der Waals surface area contributed by atoms with Crippen LogP contribution in [0.1, 0.15) is 48.5 Å². The van der Waals surface area contributed by atoms with E-state index < -0.39 is 0 Å². The van der Waals surface area contributed by atoms with Gasteiger partial charge in [-0.25, -0.2) is 9.97 Å². The standard InChI is InChI=1S/C22H26N4O3/c1-15(27)25-11-9-19-17(14-25)13-23-22(24-19)20-4-3-10-26(20)21(28)12-16-5-7-18(29-2)8-6-16/h5-8,13,20H,3-4,9-12,14H2,1-2H3/t20-/m0/s1. The van der Waals surface area contributed by atoms with Crippen molar-refractivity contribution in [1.82, 2.24) is 19.8 Å². The largest absolute Gasteiger partial charge is 0.497 e. The molecule has 0 radical (unpaired) electrons. The molecule has 1 aromatic carbocycles. The molecule has 0 saturated carbocycles. The van der Waals surface area contributed by atoms with Crippen LogP contribution in [0.2, 0.25) is 0 Å². The lowest BCUT2D eigenvalue weighted by molar-refractivity contribution is -0.132. The summed E-state index contributed by atoms with van der Waals surface area (Å²) in [5.41, 5.74) is 2.98. The van der Waals surface area contributed by atoms with E-state index in [4.69, 9.17) is 9.72 Å². The van der Waals surface area contributed by atoms with E-state index in [1.54, 1.807) is 14.0 Å². The molecule has 0 unspecified atom stereocenters. The molecule has 7 heteroatoms. The molecule has 4 rings (SSSR count). The number of hydrogen-bond donors (Lipinski definition) is 0. The van der Waals surface area contributed by atoms with Crippen molar-refractivity contribution in [2.75, 3.05) is 20.2 Å². The highest BCUT2D eigenvalue weighted by molar-refractivity contribution is 5.79. The van der Waals surface area contributed by atoms with E-state index in [1.165, 1.54) is 0 Å². The summed E-state index contributed by atoms with van der Waals surface area (Å²) in [4.78, 5) is 37.7. The van der Waals surface area contributed by atoms with Crippen LogP contribution in [0.5, 0.6) is 5.75 Å². The van der Waals surface area contributed by atoms with E-state index in [-0.39, 0.29) is 17.9 Å². The molecule has 152 valence electrons. The first kappa shape index (κ1) is 19.4. The van der Waals surface area contributed by atoms with Crippen molar-refractivity contribution in [2.24, 2.45) is 0 Å². The maximum absolute atomic E-state index is 13.0. The average Bonchev–Trinajstić information content (AvgIpc) is 3.23. The van der Waals surface area contributed by atoms with Gasteiger partial charge in [0.15, 0.2) is 5.82 Å². The molecule has 7 nitrogen and oxygen atoms in total. The Morgan fingerprint density at radius 3 is 2.72 bits per heavy atom. The van der Waals surface area contributed by atoms with Crippen molar-refractivity contribution in [3.05, 3.63) is 53.1 Å². The third kappa shape index (κ3) is 4.09. The van der Waals surface area contributed by atoms with E-state index in [1.807, 2.05) is 40.3 Å². The lowest BCUT2D eigenvalue weighted by atomic mass is 10.1. The van der Waals surface area contributed by atoms with Crippen LogP contribution < -0.4 is 4.74 Å². The molecule has 3 heterocycles. The zero-order chi connectivity index (χ0) is 20.4. The Morgan fingerprint density at radius 2 is 2.00 bits per heavy atom. The second-order valence-corrected chi connectivity index (χ2v) is 7.66. The highest BCUT2D eigenvalue weighted by atomic mass is 16.5. The predicted molar refractivity (Wildman–Crippen MR) is 107 cm³/mol. The number of methoxy groups -OCH3 is 1. The van der Waals surface area contributed by atoms with E-state index in [0.717, 1.165) is 54.2 Å². The van der Waals surface area contributed by atoms with Crippen LogP contribution in [-0.4, -0.2) is 51.8 Å². The third-order valence-electron chi connectivity index (χ3n) is 5.78. The number of ether oxygens (including phenoxy) is 1. The Bertz CT molecular complexity index is 913. The zero-order valence-corrected chi connectivity index (χ0v) is 16.9. The van der Waals surface area contributed by atoms with Crippen molar-refractivity contribution in [3.63, 3.8) is 0 Å². The molecular weight excluding hydrogens is 368 g/mol. The molecular formula is C22H26N4O3. The number of hydrogen-bond acceptors (Lipinski definition) is 5. The topological polar surface area (TPSA) is 75.6 Å². The van der Waals surface area contributed by atoms with Gasteiger partial charge in [0.1, 0.15) is 5.75 Å². The minimum Gasteiger partial charge on any atom is -0.497 e. The van der Waals surface area contributed by atoms with E-state index in [2.05, 4.69) is 4.98 Å². The van der Waals surface area contributed by atoms with Gasteiger partial charge in [0.05, 0.1) is 25.3 Å². The second kappa shape index (κ2) is 8.19. The Labute approximate surface area is 170 Å². The molecule has 0 bridgehead atoms. The van der Waals surface area contributed by atoms with Crippen molar-refractivity contribution < 1.29 is 14.3 Å². The molecule has 1 fully saturated rings. The van der Waals surface area contributed by atoms with Crippen molar-refractivity contribution in [1.29, 1.82) is 0 Å². The van der Waals surface area contributed by atoms with Crippen LogP contribution in [0.15, 0.2) is 30.5 Å². The summed E-state index contributed by atoms with van der Waals surface area (Å²) in [6, 6.07) is 7.54. The Morgan fingerprint density at radius 1 is 1.21 bits per heavy atom. The van der Waals surface area contributed by atoms with Gasteiger partial charge in [-0.2, -0.15) is 0 Å². The minimum atomic E-state index is -0.0723. The number of fused-ring (bicyclic) bond motifs is 1. The van der Waals surface area contributed by atoms with Gasteiger partial charge in [-0.05, 0) is 30.5 Å². The molecule has 0 N–H and O–H groups in total. The fourth-order valence-electron chi connectivity index (χ4n) is 4.11. The van der Waals surface area contributed by atoms with Gasteiger partial charge in [0.25, 0.3) is 0 Å². The predicted octanol–water partition coefficient (Wildman–Crippen LogP) is 2.30. The molecule has 2 aliphatic heterocycles. The van der Waals surface area contributed by atoms with Crippen molar-refractivity contribution in [3.8, 4) is 5.75 Å². The summed E-state index contributed by atoms with van der Waals surface area (Å²) in [5, 5.41) is 0. The molecule has 1 aromatic heterocycles. The number of amides is 2. The SMILES string of the molecule is COc1ccc(CC(=O)N2CCC[C@H]2c2ncc3c(n2)CCN(C(C)=O)C3)cc1. The zero-order valence-electron chi connectivity index (χ0n) is 16.9. The summed E-state index contributed by atoms with van der Waals surface area (Å²) in [7, 11) is 1.63. The molecule has 29 heavy (non-hydrogen) atoms. The first-order valence-corrected chi connectivity index (χ1v) is 10.1. The maximum Gasteiger partial charge on any atom is 0.227 e.